The number of hydrogen-bond donors (Lipinski definition) is 1. The van der Waals surface area contributed by atoms with Gasteiger partial charge in [0.05, 0.1) is 5.75 Å². The van der Waals surface area contributed by atoms with E-state index in [9.17, 15) is 4.79 Å². The van der Waals surface area contributed by atoms with Crippen molar-refractivity contribution < 1.29 is 4.79 Å². The first-order chi connectivity index (χ1) is 15.0. The van der Waals surface area contributed by atoms with Crippen LogP contribution in [0.25, 0.3) is 17.1 Å². The molecule has 0 aliphatic heterocycles. The molecular formula is C25H24N4OS. The molecule has 4 aromatic rings. The molecule has 0 aliphatic rings. The number of carbonyl (C=O) groups is 1. The maximum Gasteiger partial charge on any atom is 0.234 e. The van der Waals surface area contributed by atoms with Gasteiger partial charge in [0.25, 0.3) is 0 Å². The zero-order chi connectivity index (χ0) is 21.8. The standard InChI is InChI=1S/C25H24N4OS/c1-17-9-12-20(13-10-17)24-27-28-25(29(24)22-7-5-4-6-8-22)31-16-23(30)26-21-14-11-18(2)19(3)15-21/h4-15H,16H2,1-3H3,(H,26,30). The highest BCUT2D eigenvalue weighted by molar-refractivity contribution is 7.99. The summed E-state index contributed by atoms with van der Waals surface area (Å²) in [5.41, 5.74) is 6.28. The quantitative estimate of drug-likeness (QED) is 0.407. The molecule has 156 valence electrons. The average molecular weight is 429 g/mol. The van der Waals surface area contributed by atoms with Gasteiger partial charge < -0.3 is 5.32 Å². The zero-order valence-corrected chi connectivity index (χ0v) is 18.6. The van der Waals surface area contributed by atoms with Gasteiger partial charge in [-0.15, -0.1) is 10.2 Å². The van der Waals surface area contributed by atoms with Gasteiger partial charge in [-0.25, -0.2) is 0 Å². The highest BCUT2D eigenvalue weighted by Gasteiger charge is 2.17. The van der Waals surface area contributed by atoms with Crippen LogP contribution >= 0.6 is 11.8 Å². The molecule has 31 heavy (non-hydrogen) atoms. The molecule has 0 spiro atoms. The van der Waals surface area contributed by atoms with Gasteiger partial charge >= 0.3 is 0 Å². The Morgan fingerprint density at radius 1 is 0.903 bits per heavy atom. The molecule has 1 N–H and O–H groups in total. The van der Waals surface area contributed by atoms with Crippen LogP contribution in [0.3, 0.4) is 0 Å². The van der Waals surface area contributed by atoms with Crippen LogP contribution in [0.5, 0.6) is 0 Å². The van der Waals surface area contributed by atoms with Crippen molar-refractivity contribution in [2.45, 2.75) is 25.9 Å². The number of thioether (sulfide) groups is 1. The molecule has 5 nitrogen and oxygen atoms in total. The van der Waals surface area contributed by atoms with Crippen LogP contribution in [0.15, 0.2) is 78.0 Å². The Bertz CT molecular complexity index is 1200. The summed E-state index contributed by atoms with van der Waals surface area (Å²) in [7, 11) is 0. The highest BCUT2D eigenvalue weighted by atomic mass is 32.2. The summed E-state index contributed by atoms with van der Waals surface area (Å²) < 4.78 is 2.00. The van der Waals surface area contributed by atoms with Crippen LogP contribution in [-0.2, 0) is 4.79 Å². The van der Waals surface area contributed by atoms with Crippen LogP contribution in [0.2, 0.25) is 0 Å². The largest absolute Gasteiger partial charge is 0.325 e. The van der Waals surface area contributed by atoms with Crippen LogP contribution in [0, 0.1) is 20.8 Å². The fourth-order valence-corrected chi connectivity index (χ4v) is 3.96. The second-order valence-corrected chi connectivity index (χ2v) is 8.42. The van der Waals surface area contributed by atoms with Crippen LogP contribution in [-0.4, -0.2) is 26.4 Å². The van der Waals surface area contributed by atoms with Gasteiger partial charge in [-0.1, -0.05) is 65.9 Å². The van der Waals surface area contributed by atoms with Gasteiger partial charge in [-0.05, 0) is 56.2 Å². The molecule has 1 amide bonds. The molecule has 0 saturated heterocycles. The van der Waals surface area contributed by atoms with E-state index in [4.69, 9.17) is 0 Å². The summed E-state index contributed by atoms with van der Waals surface area (Å²) in [6.07, 6.45) is 0. The van der Waals surface area contributed by atoms with E-state index in [1.165, 1.54) is 22.9 Å². The summed E-state index contributed by atoms with van der Waals surface area (Å²) >= 11 is 1.37. The minimum atomic E-state index is -0.0762. The Morgan fingerprint density at radius 2 is 1.65 bits per heavy atom. The average Bonchev–Trinajstić information content (AvgIpc) is 3.20. The van der Waals surface area contributed by atoms with E-state index in [1.54, 1.807) is 0 Å². The number of hydrogen-bond acceptors (Lipinski definition) is 4. The highest BCUT2D eigenvalue weighted by Crippen LogP contribution is 2.28. The number of carbonyl (C=O) groups excluding carboxylic acids is 1. The minimum absolute atomic E-state index is 0.0762. The van der Waals surface area contributed by atoms with E-state index in [0.29, 0.717) is 5.16 Å². The van der Waals surface area contributed by atoms with E-state index in [0.717, 1.165) is 28.3 Å². The number of benzene rings is 3. The lowest BCUT2D eigenvalue weighted by Gasteiger charge is -2.11. The Hall–Kier alpha value is -3.38. The second-order valence-electron chi connectivity index (χ2n) is 7.48. The predicted octanol–water partition coefficient (Wildman–Crippen LogP) is 5.59. The lowest BCUT2D eigenvalue weighted by atomic mass is 10.1. The molecule has 0 fully saturated rings. The molecular weight excluding hydrogens is 404 g/mol. The van der Waals surface area contributed by atoms with Gasteiger partial charge in [-0.2, -0.15) is 0 Å². The number of para-hydroxylation sites is 1. The van der Waals surface area contributed by atoms with Crippen molar-refractivity contribution in [3.8, 4) is 17.1 Å². The Morgan fingerprint density at radius 3 is 2.35 bits per heavy atom. The van der Waals surface area contributed by atoms with Gasteiger partial charge in [0.1, 0.15) is 0 Å². The van der Waals surface area contributed by atoms with Crippen LogP contribution < -0.4 is 5.32 Å². The van der Waals surface area contributed by atoms with Crippen molar-refractivity contribution in [3.63, 3.8) is 0 Å². The van der Waals surface area contributed by atoms with Gasteiger partial charge in [-0.3, -0.25) is 9.36 Å². The third kappa shape index (κ3) is 4.86. The van der Waals surface area contributed by atoms with Gasteiger partial charge in [0, 0.05) is 16.9 Å². The monoisotopic (exact) mass is 428 g/mol. The second kappa shape index (κ2) is 9.18. The number of nitrogens with one attached hydrogen (secondary N) is 1. The Labute approximate surface area is 186 Å². The van der Waals surface area contributed by atoms with E-state index in [1.807, 2.05) is 72.2 Å². The number of aromatic nitrogens is 3. The van der Waals surface area contributed by atoms with Gasteiger partial charge in [0.15, 0.2) is 11.0 Å². The number of nitrogens with zero attached hydrogens (tertiary/aromatic N) is 3. The van der Waals surface area contributed by atoms with Crippen molar-refractivity contribution in [3.05, 3.63) is 89.5 Å². The molecule has 6 heteroatoms. The molecule has 1 heterocycles. The fraction of sp³-hybridized carbons (Fsp3) is 0.160. The molecule has 1 aromatic heterocycles. The van der Waals surface area contributed by atoms with Gasteiger partial charge in [0.2, 0.25) is 5.91 Å². The van der Waals surface area contributed by atoms with Crippen molar-refractivity contribution in [2.75, 3.05) is 11.1 Å². The minimum Gasteiger partial charge on any atom is -0.325 e. The first-order valence-corrected chi connectivity index (χ1v) is 11.1. The number of rotatable bonds is 6. The van der Waals surface area contributed by atoms with Crippen molar-refractivity contribution in [1.82, 2.24) is 14.8 Å². The van der Waals surface area contributed by atoms with Crippen molar-refractivity contribution in [1.29, 1.82) is 0 Å². The van der Waals surface area contributed by atoms with Crippen LogP contribution in [0.4, 0.5) is 5.69 Å². The zero-order valence-electron chi connectivity index (χ0n) is 17.8. The molecule has 0 atom stereocenters. The van der Waals surface area contributed by atoms with E-state index >= 15 is 0 Å². The summed E-state index contributed by atoms with van der Waals surface area (Å²) in [6.45, 7) is 6.15. The maximum atomic E-state index is 12.6. The van der Waals surface area contributed by atoms with E-state index < -0.39 is 0 Å². The maximum absolute atomic E-state index is 12.6. The Kier molecular flexibility index (Phi) is 6.18. The summed E-state index contributed by atoms with van der Waals surface area (Å²) in [4.78, 5) is 12.6. The molecule has 3 aromatic carbocycles. The third-order valence-electron chi connectivity index (χ3n) is 5.08. The lowest BCUT2D eigenvalue weighted by molar-refractivity contribution is -0.113. The molecule has 0 saturated carbocycles. The first kappa shape index (κ1) is 20.9. The van der Waals surface area contributed by atoms with Crippen LogP contribution in [0.1, 0.15) is 16.7 Å². The molecule has 0 unspecified atom stereocenters. The normalized spacial score (nSPS) is 10.8. The number of amides is 1. The van der Waals surface area contributed by atoms with E-state index in [2.05, 4.69) is 41.5 Å². The Balaban J connectivity index is 1.57. The first-order valence-electron chi connectivity index (χ1n) is 10.1. The molecule has 0 aliphatic carbocycles. The predicted molar refractivity (Wildman–Crippen MR) is 127 cm³/mol. The molecule has 0 radical (unpaired) electrons. The fourth-order valence-electron chi connectivity index (χ4n) is 3.21. The van der Waals surface area contributed by atoms with Crippen molar-refractivity contribution >= 4 is 23.4 Å². The smallest absolute Gasteiger partial charge is 0.234 e. The SMILES string of the molecule is Cc1ccc(-c2nnc(SCC(=O)Nc3ccc(C)c(C)c3)n2-c2ccccc2)cc1. The summed E-state index contributed by atoms with van der Waals surface area (Å²) in [6, 6.07) is 24.1. The van der Waals surface area contributed by atoms with Crippen molar-refractivity contribution in [2.24, 2.45) is 0 Å². The number of aryl methyl sites for hydroxylation is 3. The molecule has 4 rings (SSSR count). The topological polar surface area (TPSA) is 59.8 Å². The third-order valence-corrected chi connectivity index (χ3v) is 6.01. The number of anilines is 1. The lowest BCUT2D eigenvalue weighted by Crippen LogP contribution is -2.14. The summed E-state index contributed by atoms with van der Waals surface area (Å²) in [5.74, 6) is 0.919. The van der Waals surface area contributed by atoms with E-state index in [-0.39, 0.29) is 11.7 Å². The summed E-state index contributed by atoms with van der Waals surface area (Å²) in [5, 5.41) is 12.5. The molecule has 0 bridgehead atoms.